The first-order chi connectivity index (χ1) is 7.24. The van der Waals surface area contributed by atoms with Crippen LogP contribution in [0.3, 0.4) is 0 Å². The molecule has 2 rings (SSSR count). The predicted molar refractivity (Wildman–Crippen MR) is 54.7 cm³/mol. The summed E-state index contributed by atoms with van der Waals surface area (Å²) in [6, 6.07) is 6.68. The molecule has 0 saturated carbocycles. The Hall–Kier alpha value is -1.22. The molecular weight excluding hydrogens is 195 g/mol. The predicted octanol–water partition coefficient (Wildman–Crippen LogP) is 2.47. The molecule has 2 nitrogen and oxygen atoms in total. The summed E-state index contributed by atoms with van der Waals surface area (Å²) in [5.41, 5.74) is -0.362. The van der Waals surface area contributed by atoms with Gasteiger partial charge in [0.25, 0.3) is 0 Å². The van der Waals surface area contributed by atoms with Gasteiger partial charge in [0.05, 0.1) is 6.61 Å². The van der Waals surface area contributed by atoms with E-state index in [1.54, 1.807) is 24.3 Å². The number of carbonyl (C=O) groups is 1. The van der Waals surface area contributed by atoms with Crippen LogP contribution in [0.4, 0.5) is 4.39 Å². The Kier molecular flexibility index (Phi) is 2.82. The topological polar surface area (TPSA) is 26.3 Å². The van der Waals surface area contributed by atoms with Gasteiger partial charge in [-0.2, -0.15) is 0 Å². The van der Waals surface area contributed by atoms with Crippen molar-refractivity contribution in [2.75, 3.05) is 13.2 Å². The monoisotopic (exact) mass is 208 g/mol. The molecule has 1 unspecified atom stereocenters. The number of hydrogen-bond donors (Lipinski definition) is 0. The Morgan fingerprint density at radius 1 is 1.47 bits per heavy atom. The summed E-state index contributed by atoms with van der Waals surface area (Å²) in [4.78, 5) is 10.6. The van der Waals surface area contributed by atoms with Gasteiger partial charge in [0, 0.05) is 12.2 Å². The number of rotatable bonds is 2. The number of halogens is 1. The number of hydrogen-bond acceptors (Lipinski definition) is 2. The van der Waals surface area contributed by atoms with Crippen molar-refractivity contribution >= 4 is 6.29 Å². The Balaban J connectivity index is 2.30. The summed E-state index contributed by atoms with van der Waals surface area (Å²) >= 11 is 0. The first kappa shape index (κ1) is 10.3. The van der Waals surface area contributed by atoms with E-state index in [0.29, 0.717) is 24.2 Å². The van der Waals surface area contributed by atoms with Gasteiger partial charge in [-0.1, -0.05) is 18.2 Å². The number of ether oxygens (including phenoxy) is 1. The zero-order valence-corrected chi connectivity index (χ0v) is 8.41. The molecule has 0 radical (unpaired) electrons. The molecule has 0 amide bonds. The maximum Gasteiger partial charge on any atom is 0.159 e. The molecule has 0 bridgehead atoms. The van der Waals surface area contributed by atoms with Crippen LogP contribution in [-0.4, -0.2) is 19.5 Å². The Morgan fingerprint density at radius 2 is 2.33 bits per heavy atom. The highest BCUT2D eigenvalue weighted by atomic mass is 19.1. The smallest absolute Gasteiger partial charge is 0.159 e. The lowest BCUT2D eigenvalue weighted by Gasteiger charge is -2.29. The fourth-order valence-corrected chi connectivity index (χ4v) is 1.88. The van der Waals surface area contributed by atoms with E-state index in [0.717, 1.165) is 12.7 Å². The number of alkyl halides is 1. The fourth-order valence-electron chi connectivity index (χ4n) is 1.88. The van der Waals surface area contributed by atoms with Gasteiger partial charge in [-0.25, -0.2) is 4.39 Å². The normalized spacial score (nSPS) is 26.2. The SMILES string of the molecule is O=Cc1cccc(C2(F)CCCOC2)c1. The Morgan fingerprint density at radius 3 is 3.00 bits per heavy atom. The number of benzene rings is 1. The first-order valence-corrected chi connectivity index (χ1v) is 5.07. The molecule has 0 spiro atoms. The fraction of sp³-hybridized carbons (Fsp3) is 0.417. The molecule has 80 valence electrons. The Labute approximate surface area is 88.1 Å². The quantitative estimate of drug-likeness (QED) is 0.698. The first-order valence-electron chi connectivity index (χ1n) is 5.07. The van der Waals surface area contributed by atoms with E-state index in [1.165, 1.54) is 0 Å². The molecule has 3 heteroatoms. The van der Waals surface area contributed by atoms with Crippen molar-refractivity contribution in [1.29, 1.82) is 0 Å². The molecular formula is C12H13FO2. The van der Waals surface area contributed by atoms with Gasteiger partial charge >= 0.3 is 0 Å². The van der Waals surface area contributed by atoms with Crippen LogP contribution in [0.15, 0.2) is 24.3 Å². The molecule has 1 aliphatic rings. The second kappa shape index (κ2) is 4.11. The minimum atomic E-state index is -1.42. The van der Waals surface area contributed by atoms with Crippen molar-refractivity contribution in [2.45, 2.75) is 18.5 Å². The summed E-state index contributed by atoms with van der Waals surface area (Å²) in [5.74, 6) is 0. The van der Waals surface area contributed by atoms with E-state index in [1.807, 2.05) is 0 Å². The summed E-state index contributed by atoms with van der Waals surface area (Å²) in [5, 5.41) is 0. The summed E-state index contributed by atoms with van der Waals surface area (Å²) in [6.07, 6.45) is 1.92. The van der Waals surface area contributed by atoms with Crippen LogP contribution in [-0.2, 0) is 10.4 Å². The molecule has 0 aromatic heterocycles. The van der Waals surface area contributed by atoms with Crippen molar-refractivity contribution in [1.82, 2.24) is 0 Å². The lowest BCUT2D eigenvalue weighted by molar-refractivity contribution is -0.0347. The van der Waals surface area contributed by atoms with E-state index in [-0.39, 0.29) is 6.61 Å². The third-order valence-electron chi connectivity index (χ3n) is 2.73. The molecule has 1 atom stereocenters. The second-order valence-corrected chi connectivity index (χ2v) is 3.86. The van der Waals surface area contributed by atoms with E-state index >= 15 is 0 Å². The van der Waals surface area contributed by atoms with Gasteiger partial charge in [-0.05, 0) is 24.5 Å². The third kappa shape index (κ3) is 2.07. The lowest BCUT2D eigenvalue weighted by atomic mass is 9.89. The third-order valence-corrected chi connectivity index (χ3v) is 2.73. The summed E-state index contributed by atoms with van der Waals surface area (Å²) < 4.78 is 19.5. The molecule has 1 fully saturated rings. The van der Waals surface area contributed by atoms with Gasteiger partial charge in [0.15, 0.2) is 5.67 Å². The van der Waals surface area contributed by atoms with Gasteiger partial charge in [-0.3, -0.25) is 4.79 Å². The van der Waals surface area contributed by atoms with Crippen molar-refractivity contribution in [3.8, 4) is 0 Å². The van der Waals surface area contributed by atoms with Crippen LogP contribution in [0.1, 0.15) is 28.8 Å². The second-order valence-electron chi connectivity index (χ2n) is 3.86. The molecule has 1 aromatic rings. The molecule has 1 heterocycles. The van der Waals surface area contributed by atoms with E-state index in [9.17, 15) is 9.18 Å². The molecule has 1 saturated heterocycles. The van der Waals surface area contributed by atoms with Crippen LogP contribution in [0.5, 0.6) is 0 Å². The molecule has 0 aliphatic carbocycles. The van der Waals surface area contributed by atoms with Crippen LogP contribution in [0.2, 0.25) is 0 Å². The summed E-state index contributed by atoms with van der Waals surface area (Å²) in [6.45, 7) is 0.717. The van der Waals surface area contributed by atoms with E-state index in [2.05, 4.69) is 0 Å². The van der Waals surface area contributed by atoms with E-state index in [4.69, 9.17) is 4.74 Å². The van der Waals surface area contributed by atoms with Gasteiger partial charge in [-0.15, -0.1) is 0 Å². The minimum Gasteiger partial charge on any atom is -0.378 e. The summed E-state index contributed by atoms with van der Waals surface area (Å²) in [7, 11) is 0. The minimum absolute atomic E-state index is 0.0926. The zero-order chi connectivity index (χ0) is 10.7. The van der Waals surface area contributed by atoms with Crippen molar-refractivity contribution in [2.24, 2.45) is 0 Å². The van der Waals surface area contributed by atoms with E-state index < -0.39 is 5.67 Å². The van der Waals surface area contributed by atoms with Crippen molar-refractivity contribution in [3.63, 3.8) is 0 Å². The molecule has 15 heavy (non-hydrogen) atoms. The number of aldehydes is 1. The van der Waals surface area contributed by atoms with Crippen LogP contribution >= 0.6 is 0 Å². The van der Waals surface area contributed by atoms with Crippen LogP contribution in [0.25, 0.3) is 0 Å². The molecule has 1 aliphatic heterocycles. The Bertz CT molecular complexity index is 356. The average Bonchev–Trinajstić information content (AvgIpc) is 2.30. The number of carbonyl (C=O) groups excluding carboxylic acids is 1. The largest absolute Gasteiger partial charge is 0.378 e. The standard InChI is InChI=1S/C12H13FO2/c13-12(5-2-6-15-9-12)11-4-1-3-10(7-11)8-14/h1,3-4,7-8H,2,5-6,9H2. The van der Waals surface area contributed by atoms with Crippen molar-refractivity contribution < 1.29 is 13.9 Å². The highest BCUT2D eigenvalue weighted by Crippen LogP contribution is 2.34. The highest BCUT2D eigenvalue weighted by Gasteiger charge is 2.34. The molecule has 0 N–H and O–H groups in total. The maximum atomic E-state index is 14.4. The average molecular weight is 208 g/mol. The van der Waals surface area contributed by atoms with Crippen LogP contribution in [0, 0.1) is 0 Å². The van der Waals surface area contributed by atoms with Gasteiger partial charge < -0.3 is 4.74 Å². The maximum absolute atomic E-state index is 14.4. The van der Waals surface area contributed by atoms with Crippen LogP contribution < -0.4 is 0 Å². The zero-order valence-electron chi connectivity index (χ0n) is 8.41. The van der Waals surface area contributed by atoms with Gasteiger partial charge in [0.1, 0.15) is 6.29 Å². The van der Waals surface area contributed by atoms with Crippen molar-refractivity contribution in [3.05, 3.63) is 35.4 Å². The highest BCUT2D eigenvalue weighted by molar-refractivity contribution is 5.75. The van der Waals surface area contributed by atoms with Gasteiger partial charge in [0.2, 0.25) is 0 Å². The molecule has 1 aromatic carbocycles. The lowest BCUT2D eigenvalue weighted by Crippen LogP contribution is -2.31.